The standard InChI is InChI=1S/C28H30N4O3S/c1-4-35-25-11-9-24(10-12-25)32-27(33)26(29-28(32)36)18-21-17-19(2)31(20(21)3)23-7-5-22(6-8-23)30-13-15-34-16-14-30/h5-12,17-18H,4,13-16H2,1-3H3,(H,29,36)/b26-18-. The van der Waals surface area contributed by atoms with Gasteiger partial charge in [-0.05, 0) is 99.2 Å². The predicted molar refractivity (Wildman–Crippen MR) is 147 cm³/mol. The van der Waals surface area contributed by atoms with Crippen molar-refractivity contribution in [2.45, 2.75) is 20.8 Å². The summed E-state index contributed by atoms with van der Waals surface area (Å²) in [6.45, 7) is 10.0. The molecular formula is C28H30N4O3S. The van der Waals surface area contributed by atoms with Gasteiger partial charge >= 0.3 is 0 Å². The van der Waals surface area contributed by atoms with Gasteiger partial charge in [0.05, 0.1) is 25.5 Å². The van der Waals surface area contributed by atoms with Crippen molar-refractivity contribution in [2.24, 2.45) is 0 Å². The molecule has 3 heterocycles. The number of carbonyl (C=O) groups is 1. The van der Waals surface area contributed by atoms with Crippen LogP contribution in [-0.2, 0) is 9.53 Å². The van der Waals surface area contributed by atoms with Gasteiger partial charge in [0.1, 0.15) is 11.4 Å². The normalized spacial score (nSPS) is 17.1. The van der Waals surface area contributed by atoms with Gasteiger partial charge in [0.25, 0.3) is 5.91 Å². The van der Waals surface area contributed by atoms with Gasteiger partial charge in [-0.25, -0.2) is 0 Å². The Morgan fingerprint density at radius 1 is 1.00 bits per heavy atom. The van der Waals surface area contributed by atoms with Crippen LogP contribution in [0.5, 0.6) is 5.75 Å². The number of aromatic nitrogens is 1. The molecule has 0 saturated carbocycles. The summed E-state index contributed by atoms with van der Waals surface area (Å²) in [7, 11) is 0. The van der Waals surface area contributed by atoms with Gasteiger partial charge in [-0.3, -0.25) is 9.69 Å². The first-order valence-electron chi connectivity index (χ1n) is 12.2. The highest BCUT2D eigenvalue weighted by molar-refractivity contribution is 7.80. The van der Waals surface area contributed by atoms with E-state index in [2.05, 4.69) is 59.0 Å². The molecule has 1 N–H and O–H groups in total. The third-order valence-corrected chi connectivity index (χ3v) is 6.82. The number of nitrogens with one attached hydrogen (secondary N) is 1. The second-order valence-electron chi connectivity index (χ2n) is 8.83. The molecule has 0 atom stereocenters. The first-order chi connectivity index (χ1) is 17.5. The number of anilines is 2. The van der Waals surface area contributed by atoms with Crippen molar-refractivity contribution in [1.29, 1.82) is 0 Å². The lowest BCUT2D eigenvalue weighted by Gasteiger charge is -2.29. The predicted octanol–water partition coefficient (Wildman–Crippen LogP) is 4.59. The zero-order valence-corrected chi connectivity index (χ0v) is 21.6. The molecule has 1 aromatic heterocycles. The van der Waals surface area contributed by atoms with E-state index in [4.69, 9.17) is 21.7 Å². The Hall–Kier alpha value is -3.62. The smallest absolute Gasteiger partial charge is 0.281 e. The van der Waals surface area contributed by atoms with Gasteiger partial charge in [-0.1, -0.05) is 0 Å². The van der Waals surface area contributed by atoms with E-state index in [-0.39, 0.29) is 5.91 Å². The minimum Gasteiger partial charge on any atom is -0.494 e. The average Bonchev–Trinajstić information content (AvgIpc) is 3.33. The molecule has 36 heavy (non-hydrogen) atoms. The van der Waals surface area contributed by atoms with Crippen molar-refractivity contribution < 1.29 is 14.3 Å². The molecule has 2 saturated heterocycles. The molecule has 5 rings (SSSR count). The SMILES string of the molecule is CCOc1ccc(N2C(=O)/C(=C/c3cc(C)n(-c4ccc(N5CCOCC5)cc4)c3C)NC2=S)cc1. The van der Waals surface area contributed by atoms with E-state index in [1.54, 1.807) is 0 Å². The van der Waals surface area contributed by atoms with Gasteiger partial charge in [-0.15, -0.1) is 0 Å². The van der Waals surface area contributed by atoms with Gasteiger partial charge < -0.3 is 24.3 Å². The van der Waals surface area contributed by atoms with E-state index < -0.39 is 0 Å². The molecular weight excluding hydrogens is 472 g/mol. The van der Waals surface area contributed by atoms with Crippen molar-refractivity contribution >= 4 is 40.7 Å². The number of hydrogen-bond acceptors (Lipinski definition) is 5. The molecule has 7 nitrogen and oxygen atoms in total. The number of amides is 1. The van der Waals surface area contributed by atoms with E-state index in [9.17, 15) is 4.79 Å². The van der Waals surface area contributed by atoms with Crippen LogP contribution >= 0.6 is 12.2 Å². The van der Waals surface area contributed by atoms with E-state index in [0.717, 1.165) is 54.7 Å². The second kappa shape index (κ2) is 10.2. The van der Waals surface area contributed by atoms with E-state index in [0.29, 0.717) is 23.1 Å². The van der Waals surface area contributed by atoms with Crippen LogP contribution < -0.4 is 19.9 Å². The van der Waals surface area contributed by atoms with Crippen molar-refractivity contribution in [3.05, 3.63) is 77.2 Å². The quantitative estimate of drug-likeness (QED) is 0.393. The largest absolute Gasteiger partial charge is 0.494 e. The van der Waals surface area contributed by atoms with Crippen LogP contribution in [0.25, 0.3) is 11.8 Å². The molecule has 2 fully saturated rings. The number of ether oxygens (including phenoxy) is 2. The minimum atomic E-state index is -0.177. The third-order valence-electron chi connectivity index (χ3n) is 6.54. The van der Waals surface area contributed by atoms with Gasteiger partial charge in [0.15, 0.2) is 5.11 Å². The minimum absolute atomic E-state index is 0.177. The van der Waals surface area contributed by atoms with Crippen molar-refractivity contribution in [1.82, 2.24) is 9.88 Å². The van der Waals surface area contributed by atoms with Gasteiger partial charge in [0.2, 0.25) is 0 Å². The Morgan fingerprint density at radius 3 is 2.31 bits per heavy atom. The molecule has 0 unspecified atom stereocenters. The number of benzene rings is 2. The van der Waals surface area contributed by atoms with Crippen LogP contribution in [0.2, 0.25) is 0 Å². The van der Waals surface area contributed by atoms with E-state index in [1.165, 1.54) is 10.6 Å². The number of carbonyl (C=O) groups excluding carboxylic acids is 1. The molecule has 0 bridgehead atoms. The Bertz CT molecular complexity index is 1310. The van der Waals surface area contributed by atoms with Crippen molar-refractivity contribution in [3.8, 4) is 11.4 Å². The molecule has 3 aromatic rings. The molecule has 0 aliphatic carbocycles. The summed E-state index contributed by atoms with van der Waals surface area (Å²) in [5, 5.41) is 3.46. The maximum absolute atomic E-state index is 13.2. The van der Waals surface area contributed by atoms with Crippen molar-refractivity contribution in [3.63, 3.8) is 0 Å². The Morgan fingerprint density at radius 2 is 1.64 bits per heavy atom. The van der Waals surface area contributed by atoms with E-state index in [1.807, 2.05) is 37.3 Å². The number of hydrogen-bond donors (Lipinski definition) is 1. The lowest BCUT2D eigenvalue weighted by Crippen LogP contribution is -2.36. The highest BCUT2D eigenvalue weighted by Gasteiger charge is 2.32. The van der Waals surface area contributed by atoms with Gasteiger partial charge in [-0.2, -0.15) is 0 Å². The van der Waals surface area contributed by atoms with Crippen LogP contribution in [0.15, 0.2) is 60.3 Å². The summed E-state index contributed by atoms with van der Waals surface area (Å²) >= 11 is 5.49. The Labute approximate surface area is 216 Å². The average molecular weight is 503 g/mol. The zero-order chi connectivity index (χ0) is 25.2. The first-order valence-corrected chi connectivity index (χ1v) is 12.6. The summed E-state index contributed by atoms with van der Waals surface area (Å²) in [4.78, 5) is 17.1. The number of thiocarbonyl (C=S) groups is 1. The second-order valence-corrected chi connectivity index (χ2v) is 9.22. The van der Waals surface area contributed by atoms with Crippen LogP contribution in [-0.4, -0.2) is 48.5 Å². The third kappa shape index (κ3) is 4.62. The fourth-order valence-corrected chi connectivity index (χ4v) is 5.05. The fourth-order valence-electron chi connectivity index (χ4n) is 4.75. The molecule has 2 aromatic carbocycles. The summed E-state index contributed by atoms with van der Waals surface area (Å²) in [5.74, 6) is 0.580. The summed E-state index contributed by atoms with van der Waals surface area (Å²) in [6.07, 6.45) is 1.88. The Balaban J connectivity index is 1.38. The molecule has 2 aliphatic heterocycles. The van der Waals surface area contributed by atoms with Crippen LogP contribution in [0.3, 0.4) is 0 Å². The lowest BCUT2D eigenvalue weighted by atomic mass is 10.2. The molecule has 186 valence electrons. The van der Waals surface area contributed by atoms with Crippen LogP contribution in [0.1, 0.15) is 23.9 Å². The fraction of sp³-hybridized carbons (Fsp3) is 0.286. The summed E-state index contributed by atoms with van der Waals surface area (Å²) < 4.78 is 13.2. The molecule has 8 heteroatoms. The number of nitrogens with zero attached hydrogens (tertiary/aromatic N) is 3. The number of aryl methyl sites for hydroxylation is 1. The lowest BCUT2D eigenvalue weighted by molar-refractivity contribution is -0.113. The first kappa shape index (κ1) is 24.1. The number of morpholine rings is 1. The van der Waals surface area contributed by atoms with Crippen LogP contribution in [0, 0.1) is 13.8 Å². The highest BCUT2D eigenvalue weighted by atomic mass is 32.1. The van der Waals surface area contributed by atoms with Crippen molar-refractivity contribution in [2.75, 3.05) is 42.7 Å². The number of rotatable bonds is 6. The van der Waals surface area contributed by atoms with E-state index >= 15 is 0 Å². The molecule has 1 amide bonds. The maximum Gasteiger partial charge on any atom is 0.281 e. The molecule has 0 spiro atoms. The maximum atomic E-state index is 13.2. The summed E-state index contributed by atoms with van der Waals surface area (Å²) in [6, 6.07) is 18.1. The monoisotopic (exact) mass is 502 g/mol. The highest BCUT2D eigenvalue weighted by Crippen LogP contribution is 2.28. The summed E-state index contributed by atoms with van der Waals surface area (Å²) in [5.41, 5.74) is 6.57. The molecule has 0 radical (unpaired) electrons. The molecule has 2 aliphatic rings. The Kier molecular flexibility index (Phi) is 6.80. The van der Waals surface area contributed by atoms with Gasteiger partial charge in [0, 0.05) is 35.9 Å². The van der Waals surface area contributed by atoms with Crippen LogP contribution in [0.4, 0.5) is 11.4 Å². The topological polar surface area (TPSA) is 59.0 Å². The zero-order valence-electron chi connectivity index (χ0n) is 20.8.